The maximum Gasteiger partial charge on any atom is 0.00300 e. The van der Waals surface area contributed by atoms with Crippen LogP contribution in [0, 0.1) is 10.8 Å². The van der Waals surface area contributed by atoms with E-state index in [1.165, 1.54) is 58.4 Å². The third-order valence-electron chi connectivity index (χ3n) is 4.66. The summed E-state index contributed by atoms with van der Waals surface area (Å²) in [5.41, 5.74) is 1.16. The van der Waals surface area contributed by atoms with Crippen molar-refractivity contribution in [3.05, 3.63) is 0 Å². The second-order valence-corrected chi connectivity index (χ2v) is 7.64. The average molecular weight is 238 g/mol. The van der Waals surface area contributed by atoms with Gasteiger partial charge in [-0.25, -0.2) is 0 Å². The summed E-state index contributed by atoms with van der Waals surface area (Å²) in [7, 11) is 2.27. The predicted octanol–water partition coefficient (Wildman–Crippen LogP) is 2.84. The first kappa shape index (κ1) is 13.4. The van der Waals surface area contributed by atoms with Crippen molar-refractivity contribution in [3.63, 3.8) is 0 Å². The van der Waals surface area contributed by atoms with Crippen LogP contribution in [0.1, 0.15) is 46.5 Å². The van der Waals surface area contributed by atoms with Crippen molar-refractivity contribution in [1.82, 2.24) is 9.80 Å². The van der Waals surface area contributed by atoms with Crippen LogP contribution in [0.5, 0.6) is 0 Å². The van der Waals surface area contributed by atoms with Crippen molar-refractivity contribution in [2.45, 2.75) is 46.5 Å². The van der Waals surface area contributed by atoms with Crippen LogP contribution in [0.4, 0.5) is 0 Å². The Balaban J connectivity index is 1.81. The molecule has 2 aliphatic heterocycles. The lowest BCUT2D eigenvalue weighted by Crippen LogP contribution is -2.47. The van der Waals surface area contributed by atoms with Gasteiger partial charge in [0.25, 0.3) is 0 Å². The molecule has 2 saturated heterocycles. The molecule has 0 N–H and O–H groups in total. The van der Waals surface area contributed by atoms with E-state index in [1.807, 2.05) is 0 Å². The average Bonchev–Trinajstić information content (AvgIpc) is 2.24. The van der Waals surface area contributed by atoms with Crippen LogP contribution in [0.15, 0.2) is 0 Å². The Kier molecular flexibility index (Phi) is 3.84. The molecule has 0 bridgehead atoms. The second kappa shape index (κ2) is 4.89. The molecule has 1 spiro atoms. The predicted molar refractivity (Wildman–Crippen MR) is 74.3 cm³/mol. The Bertz CT molecular complexity index is 236. The molecule has 0 aromatic carbocycles. The zero-order valence-corrected chi connectivity index (χ0v) is 12.3. The zero-order chi connectivity index (χ0) is 12.5. The van der Waals surface area contributed by atoms with Gasteiger partial charge >= 0.3 is 0 Å². The minimum absolute atomic E-state index is 0.456. The number of hydrogen-bond acceptors (Lipinski definition) is 2. The van der Waals surface area contributed by atoms with Crippen molar-refractivity contribution in [2.75, 3.05) is 39.8 Å². The number of likely N-dealkylation sites (tertiary alicyclic amines) is 2. The quantitative estimate of drug-likeness (QED) is 0.693. The van der Waals surface area contributed by atoms with E-state index in [-0.39, 0.29) is 0 Å². The molecule has 0 saturated carbocycles. The Morgan fingerprint density at radius 1 is 0.882 bits per heavy atom. The van der Waals surface area contributed by atoms with Gasteiger partial charge in [-0.2, -0.15) is 0 Å². The van der Waals surface area contributed by atoms with Gasteiger partial charge in [-0.15, -0.1) is 0 Å². The normalized spacial score (nSPS) is 27.5. The van der Waals surface area contributed by atoms with Gasteiger partial charge in [0, 0.05) is 6.54 Å². The van der Waals surface area contributed by atoms with Crippen LogP contribution in [0.25, 0.3) is 0 Å². The number of nitrogens with zero attached hydrogens (tertiary/aromatic N) is 2. The van der Waals surface area contributed by atoms with E-state index in [0.29, 0.717) is 10.8 Å². The molecule has 0 amide bonds. The summed E-state index contributed by atoms with van der Waals surface area (Å²) in [6, 6.07) is 0. The Morgan fingerprint density at radius 3 is 1.82 bits per heavy atom. The highest BCUT2D eigenvalue weighted by molar-refractivity contribution is 4.90. The van der Waals surface area contributed by atoms with Gasteiger partial charge in [0.05, 0.1) is 0 Å². The molecule has 2 fully saturated rings. The fourth-order valence-corrected chi connectivity index (χ4v) is 3.45. The molecule has 0 atom stereocenters. The molecule has 0 aliphatic carbocycles. The van der Waals surface area contributed by atoms with Gasteiger partial charge in [0.1, 0.15) is 0 Å². The zero-order valence-electron chi connectivity index (χ0n) is 12.3. The number of hydrogen-bond donors (Lipinski definition) is 0. The minimum Gasteiger partial charge on any atom is -0.306 e. The lowest BCUT2D eigenvalue weighted by molar-refractivity contribution is 0.0315. The summed E-state index contributed by atoms with van der Waals surface area (Å²) in [6.07, 6.45) is 5.76. The summed E-state index contributed by atoms with van der Waals surface area (Å²) in [6.45, 7) is 13.6. The maximum atomic E-state index is 2.68. The van der Waals surface area contributed by atoms with Crippen LogP contribution >= 0.6 is 0 Å². The first-order valence-corrected chi connectivity index (χ1v) is 7.30. The summed E-state index contributed by atoms with van der Waals surface area (Å²) in [4.78, 5) is 5.18. The van der Waals surface area contributed by atoms with Gasteiger partial charge in [-0.05, 0) is 69.7 Å². The molecular weight excluding hydrogens is 208 g/mol. The van der Waals surface area contributed by atoms with E-state index in [0.717, 1.165) is 0 Å². The molecule has 2 rings (SSSR count). The molecule has 2 nitrogen and oxygen atoms in total. The molecule has 2 aliphatic rings. The Hall–Kier alpha value is -0.0800. The maximum absolute atomic E-state index is 2.68. The lowest BCUT2D eigenvalue weighted by Gasteiger charge is -2.47. The third-order valence-corrected chi connectivity index (χ3v) is 4.66. The molecule has 0 unspecified atom stereocenters. The summed E-state index contributed by atoms with van der Waals surface area (Å²) >= 11 is 0. The minimum atomic E-state index is 0.456. The van der Waals surface area contributed by atoms with Crippen molar-refractivity contribution in [3.8, 4) is 0 Å². The van der Waals surface area contributed by atoms with E-state index in [9.17, 15) is 0 Å². The fraction of sp³-hybridized carbons (Fsp3) is 1.00. The van der Waals surface area contributed by atoms with E-state index in [1.54, 1.807) is 0 Å². The highest BCUT2D eigenvalue weighted by Crippen LogP contribution is 2.41. The van der Waals surface area contributed by atoms with Crippen molar-refractivity contribution >= 4 is 0 Å². The van der Waals surface area contributed by atoms with Gasteiger partial charge in [0.2, 0.25) is 0 Å². The largest absolute Gasteiger partial charge is 0.306 e. The molecule has 17 heavy (non-hydrogen) atoms. The monoisotopic (exact) mass is 238 g/mol. The first-order chi connectivity index (χ1) is 7.89. The molecule has 2 heterocycles. The van der Waals surface area contributed by atoms with E-state index in [4.69, 9.17) is 0 Å². The first-order valence-electron chi connectivity index (χ1n) is 7.30. The summed E-state index contributed by atoms with van der Waals surface area (Å²) in [5, 5.41) is 0. The van der Waals surface area contributed by atoms with Crippen LogP contribution in [0.3, 0.4) is 0 Å². The molecule has 100 valence electrons. The van der Waals surface area contributed by atoms with E-state index in [2.05, 4.69) is 37.6 Å². The topological polar surface area (TPSA) is 6.48 Å². The van der Waals surface area contributed by atoms with Gasteiger partial charge in [0.15, 0.2) is 0 Å². The SMILES string of the molecule is CN1CCC2(CC1)CCN(CC(C)(C)C)CC2. The fourth-order valence-electron chi connectivity index (χ4n) is 3.45. The standard InChI is InChI=1S/C15H30N2/c1-14(2,3)13-17-11-7-15(8-12-17)5-9-16(4)10-6-15/h5-13H2,1-4H3. The smallest absolute Gasteiger partial charge is 0.00300 e. The van der Waals surface area contributed by atoms with Crippen molar-refractivity contribution < 1.29 is 0 Å². The van der Waals surface area contributed by atoms with Crippen molar-refractivity contribution in [2.24, 2.45) is 10.8 Å². The lowest BCUT2D eigenvalue weighted by atomic mass is 9.71. The highest BCUT2D eigenvalue weighted by Gasteiger charge is 2.37. The van der Waals surface area contributed by atoms with Crippen LogP contribution in [-0.2, 0) is 0 Å². The van der Waals surface area contributed by atoms with E-state index >= 15 is 0 Å². The van der Waals surface area contributed by atoms with Gasteiger partial charge in [-0.1, -0.05) is 20.8 Å². The summed E-state index contributed by atoms with van der Waals surface area (Å²) < 4.78 is 0. The second-order valence-electron chi connectivity index (χ2n) is 7.64. The van der Waals surface area contributed by atoms with Crippen molar-refractivity contribution in [1.29, 1.82) is 0 Å². The molecule has 2 heteroatoms. The number of piperidine rings is 2. The highest BCUT2D eigenvalue weighted by atomic mass is 15.1. The van der Waals surface area contributed by atoms with E-state index < -0.39 is 0 Å². The Labute approximate surface area is 107 Å². The number of rotatable bonds is 1. The van der Waals surface area contributed by atoms with Crippen LogP contribution in [-0.4, -0.2) is 49.6 Å². The van der Waals surface area contributed by atoms with Gasteiger partial charge < -0.3 is 9.80 Å². The molecule has 0 aromatic rings. The molecule has 0 radical (unpaired) electrons. The Morgan fingerprint density at radius 2 is 1.35 bits per heavy atom. The molecular formula is C15H30N2. The summed E-state index contributed by atoms with van der Waals surface area (Å²) in [5.74, 6) is 0. The third kappa shape index (κ3) is 3.69. The molecule has 0 aromatic heterocycles. The van der Waals surface area contributed by atoms with Crippen LogP contribution in [0.2, 0.25) is 0 Å². The van der Waals surface area contributed by atoms with Crippen LogP contribution < -0.4 is 0 Å². The van der Waals surface area contributed by atoms with Gasteiger partial charge in [-0.3, -0.25) is 0 Å².